The van der Waals surface area contributed by atoms with Gasteiger partial charge in [-0.3, -0.25) is 0 Å². The van der Waals surface area contributed by atoms with Gasteiger partial charge in [0, 0.05) is 11.8 Å². The molecule has 0 saturated carbocycles. The molecule has 0 spiro atoms. The van der Waals surface area contributed by atoms with E-state index in [0.29, 0.717) is 11.3 Å². The van der Waals surface area contributed by atoms with E-state index in [1.54, 1.807) is 19.1 Å². The Hall–Kier alpha value is -3.50. The molecule has 182 valence electrons. The number of sulfone groups is 1. The van der Waals surface area contributed by atoms with E-state index in [1.807, 2.05) is 38.1 Å². The Morgan fingerprint density at radius 3 is 2.51 bits per heavy atom. The molecular formula is C24H23ClN4O5S. The zero-order chi connectivity index (χ0) is 25.3. The number of carbonyl (C=O) groups is 1. The van der Waals surface area contributed by atoms with Crippen LogP contribution in [-0.2, 0) is 14.6 Å². The number of carbonyl (C=O) groups excluding carboxylic acids is 1. The first-order valence-corrected chi connectivity index (χ1v) is 13.1. The second-order valence-corrected chi connectivity index (χ2v) is 10.5. The SMILES string of the molecule is CCOC(=O)c1nn(-c2ccccc2C(C)C)c(-c2nnc(-c3cccc(S(C)(=O)=O)c3)o2)c1Cl. The van der Waals surface area contributed by atoms with Crippen LogP contribution in [0, 0.1) is 0 Å². The van der Waals surface area contributed by atoms with Gasteiger partial charge in [0.05, 0.1) is 17.2 Å². The van der Waals surface area contributed by atoms with E-state index in [2.05, 4.69) is 15.3 Å². The van der Waals surface area contributed by atoms with Crippen LogP contribution in [0.5, 0.6) is 0 Å². The van der Waals surface area contributed by atoms with E-state index in [-0.39, 0.29) is 45.6 Å². The van der Waals surface area contributed by atoms with Crippen LogP contribution < -0.4 is 0 Å². The maximum atomic E-state index is 12.6. The number of hydrogen-bond donors (Lipinski definition) is 0. The number of nitrogens with zero attached hydrogens (tertiary/aromatic N) is 4. The van der Waals surface area contributed by atoms with Gasteiger partial charge in [-0.15, -0.1) is 10.2 Å². The van der Waals surface area contributed by atoms with Gasteiger partial charge < -0.3 is 9.15 Å². The number of halogens is 1. The van der Waals surface area contributed by atoms with Crippen LogP contribution in [0.2, 0.25) is 5.02 Å². The Morgan fingerprint density at radius 1 is 1.11 bits per heavy atom. The third-order valence-electron chi connectivity index (χ3n) is 5.22. The summed E-state index contributed by atoms with van der Waals surface area (Å²) in [5, 5.41) is 12.7. The Labute approximate surface area is 207 Å². The van der Waals surface area contributed by atoms with E-state index in [0.717, 1.165) is 11.8 Å². The predicted molar refractivity (Wildman–Crippen MR) is 130 cm³/mol. The molecule has 0 radical (unpaired) electrons. The lowest BCUT2D eigenvalue weighted by atomic mass is 10.0. The van der Waals surface area contributed by atoms with Crippen LogP contribution in [0.3, 0.4) is 0 Å². The molecule has 0 saturated heterocycles. The van der Waals surface area contributed by atoms with Gasteiger partial charge in [-0.2, -0.15) is 5.10 Å². The first-order valence-electron chi connectivity index (χ1n) is 10.8. The molecule has 2 aromatic carbocycles. The minimum Gasteiger partial charge on any atom is -0.461 e. The Morgan fingerprint density at radius 2 is 1.83 bits per heavy atom. The van der Waals surface area contributed by atoms with E-state index in [9.17, 15) is 13.2 Å². The quantitative estimate of drug-likeness (QED) is 0.318. The summed E-state index contributed by atoms with van der Waals surface area (Å²) in [4.78, 5) is 12.7. The minimum absolute atomic E-state index is 0.00194. The minimum atomic E-state index is -3.43. The van der Waals surface area contributed by atoms with E-state index < -0.39 is 15.8 Å². The topological polar surface area (TPSA) is 117 Å². The summed E-state index contributed by atoms with van der Waals surface area (Å²) in [5.74, 6) is -0.439. The van der Waals surface area contributed by atoms with Crippen molar-refractivity contribution in [3.63, 3.8) is 0 Å². The molecule has 0 aliphatic heterocycles. The highest BCUT2D eigenvalue weighted by atomic mass is 35.5. The van der Waals surface area contributed by atoms with Gasteiger partial charge in [-0.05, 0) is 42.7 Å². The largest absolute Gasteiger partial charge is 0.461 e. The highest BCUT2D eigenvalue weighted by Crippen LogP contribution is 2.36. The molecule has 0 fully saturated rings. The third kappa shape index (κ3) is 4.85. The van der Waals surface area contributed by atoms with E-state index in [1.165, 1.54) is 16.8 Å². The number of ether oxygens (including phenoxy) is 1. The van der Waals surface area contributed by atoms with Crippen LogP contribution in [0.25, 0.3) is 28.7 Å². The zero-order valence-electron chi connectivity index (χ0n) is 19.5. The van der Waals surface area contributed by atoms with Crippen LogP contribution in [0.15, 0.2) is 57.8 Å². The van der Waals surface area contributed by atoms with Crippen LogP contribution in [-0.4, -0.2) is 47.2 Å². The van der Waals surface area contributed by atoms with Crippen molar-refractivity contribution in [1.29, 1.82) is 0 Å². The highest BCUT2D eigenvalue weighted by molar-refractivity contribution is 7.90. The van der Waals surface area contributed by atoms with Crippen molar-refractivity contribution in [1.82, 2.24) is 20.0 Å². The number of para-hydroxylation sites is 1. The molecule has 0 aliphatic carbocycles. The van der Waals surface area contributed by atoms with Crippen LogP contribution >= 0.6 is 11.6 Å². The van der Waals surface area contributed by atoms with Crippen molar-refractivity contribution in [3.8, 4) is 28.7 Å². The van der Waals surface area contributed by atoms with Gasteiger partial charge >= 0.3 is 5.97 Å². The number of benzene rings is 2. The van der Waals surface area contributed by atoms with Crippen molar-refractivity contribution in [2.45, 2.75) is 31.6 Å². The van der Waals surface area contributed by atoms with Gasteiger partial charge in [0.2, 0.25) is 5.89 Å². The van der Waals surface area contributed by atoms with Crippen molar-refractivity contribution < 1.29 is 22.4 Å². The fourth-order valence-electron chi connectivity index (χ4n) is 3.55. The number of rotatable bonds is 7. The first kappa shape index (κ1) is 24.6. The lowest BCUT2D eigenvalue weighted by Gasteiger charge is -2.13. The highest BCUT2D eigenvalue weighted by Gasteiger charge is 2.29. The van der Waals surface area contributed by atoms with Gasteiger partial charge in [-0.25, -0.2) is 17.9 Å². The average Bonchev–Trinajstić information content (AvgIpc) is 3.43. The molecule has 0 atom stereocenters. The van der Waals surface area contributed by atoms with Crippen LogP contribution in [0.1, 0.15) is 42.7 Å². The molecule has 4 rings (SSSR count). The summed E-state index contributed by atoms with van der Waals surface area (Å²) >= 11 is 6.63. The molecule has 0 bridgehead atoms. The smallest absolute Gasteiger partial charge is 0.360 e. The van der Waals surface area contributed by atoms with Crippen molar-refractivity contribution >= 4 is 27.4 Å². The predicted octanol–water partition coefficient (Wildman–Crippen LogP) is 4.95. The van der Waals surface area contributed by atoms with Crippen molar-refractivity contribution in [3.05, 3.63) is 64.8 Å². The summed E-state index contributed by atoms with van der Waals surface area (Å²) in [6.45, 7) is 5.92. The second kappa shape index (κ2) is 9.63. The second-order valence-electron chi connectivity index (χ2n) is 8.07. The summed E-state index contributed by atoms with van der Waals surface area (Å²) < 4.78 is 36.4. The molecule has 11 heteroatoms. The van der Waals surface area contributed by atoms with E-state index in [4.69, 9.17) is 20.8 Å². The molecule has 0 unspecified atom stereocenters. The number of hydrogen-bond acceptors (Lipinski definition) is 8. The van der Waals surface area contributed by atoms with Crippen molar-refractivity contribution in [2.24, 2.45) is 0 Å². The normalized spacial score (nSPS) is 11.7. The molecule has 35 heavy (non-hydrogen) atoms. The zero-order valence-corrected chi connectivity index (χ0v) is 21.1. The molecule has 2 aromatic heterocycles. The molecule has 2 heterocycles. The standard InChI is InChI=1S/C24H23ClN4O5S/c1-5-33-24(30)20-19(25)21(29(28-20)18-12-7-6-11-17(18)14(2)3)23-27-26-22(34-23)15-9-8-10-16(13-15)35(4,31)32/h6-14H,5H2,1-4H3. The van der Waals surface area contributed by atoms with Gasteiger partial charge in [-0.1, -0.05) is 49.7 Å². The van der Waals surface area contributed by atoms with Gasteiger partial charge in [0.25, 0.3) is 5.89 Å². The first-order chi connectivity index (χ1) is 16.6. The number of esters is 1. The number of aromatic nitrogens is 4. The molecule has 9 nitrogen and oxygen atoms in total. The molecule has 4 aromatic rings. The van der Waals surface area contributed by atoms with Crippen LogP contribution in [0.4, 0.5) is 0 Å². The Balaban J connectivity index is 1.90. The molecular weight excluding hydrogens is 492 g/mol. The maximum absolute atomic E-state index is 12.6. The Bertz CT molecular complexity index is 1510. The van der Waals surface area contributed by atoms with Crippen molar-refractivity contribution in [2.75, 3.05) is 12.9 Å². The molecule has 0 amide bonds. The fourth-order valence-corrected chi connectivity index (χ4v) is 4.49. The maximum Gasteiger partial charge on any atom is 0.360 e. The van der Waals surface area contributed by atoms with Gasteiger partial charge in [0.1, 0.15) is 5.02 Å². The lowest BCUT2D eigenvalue weighted by Crippen LogP contribution is -2.08. The molecule has 0 aliphatic rings. The average molecular weight is 515 g/mol. The lowest BCUT2D eigenvalue weighted by molar-refractivity contribution is 0.0519. The monoisotopic (exact) mass is 514 g/mol. The van der Waals surface area contributed by atoms with Gasteiger partial charge in [0.15, 0.2) is 21.2 Å². The Kier molecular flexibility index (Phi) is 6.77. The third-order valence-corrected chi connectivity index (χ3v) is 6.69. The summed E-state index contributed by atoms with van der Waals surface area (Å²) in [6, 6.07) is 13.7. The summed E-state index contributed by atoms with van der Waals surface area (Å²) in [7, 11) is -3.43. The summed E-state index contributed by atoms with van der Waals surface area (Å²) in [5.41, 5.74) is 2.21. The summed E-state index contributed by atoms with van der Waals surface area (Å²) in [6.07, 6.45) is 1.12. The molecule has 0 N–H and O–H groups in total. The fraction of sp³-hybridized carbons (Fsp3) is 0.250. The van der Waals surface area contributed by atoms with E-state index >= 15 is 0 Å².